The number of hydrogen-bond acceptors (Lipinski definition) is 5. The topological polar surface area (TPSA) is 84.9 Å². The summed E-state index contributed by atoms with van der Waals surface area (Å²) in [5, 5.41) is 2.88. The molecule has 1 aromatic carbocycles. The molecule has 0 radical (unpaired) electrons. The molecule has 1 N–H and O–H groups in total. The molecule has 1 aromatic rings. The van der Waals surface area contributed by atoms with Crippen LogP contribution in [0, 0.1) is 11.8 Å². The van der Waals surface area contributed by atoms with E-state index in [-0.39, 0.29) is 22.8 Å². The van der Waals surface area contributed by atoms with Gasteiger partial charge in [0.25, 0.3) is 0 Å². The van der Waals surface area contributed by atoms with Crippen LogP contribution in [0.2, 0.25) is 0 Å². The van der Waals surface area contributed by atoms with Crippen LogP contribution in [0.25, 0.3) is 0 Å². The number of carbonyl (C=O) groups excluding carboxylic acids is 1. The molecule has 3 atom stereocenters. The minimum absolute atomic E-state index is 0.0649. The molecule has 136 valence electrons. The third kappa shape index (κ3) is 2.87. The Morgan fingerprint density at radius 2 is 1.92 bits per heavy atom. The second-order valence-electron chi connectivity index (χ2n) is 6.96. The second-order valence-corrected chi connectivity index (χ2v) is 8.92. The molecule has 25 heavy (non-hydrogen) atoms. The quantitative estimate of drug-likeness (QED) is 0.862. The first-order valence-electron chi connectivity index (χ1n) is 8.60. The number of rotatable bonds is 3. The molecule has 1 amide bonds. The fraction of sp³-hybridized carbons (Fsp3) is 0.588. The van der Waals surface area contributed by atoms with E-state index in [9.17, 15) is 13.2 Å². The zero-order chi connectivity index (χ0) is 17.6. The van der Waals surface area contributed by atoms with E-state index in [4.69, 9.17) is 9.47 Å². The molecule has 8 heteroatoms. The maximum Gasteiger partial charge on any atom is 0.246 e. The number of amides is 1. The highest BCUT2D eigenvalue weighted by molar-refractivity contribution is 7.89. The van der Waals surface area contributed by atoms with E-state index in [0.29, 0.717) is 43.6 Å². The summed E-state index contributed by atoms with van der Waals surface area (Å²) in [6.45, 7) is 1.40. The maximum absolute atomic E-state index is 13.2. The van der Waals surface area contributed by atoms with Crippen molar-refractivity contribution >= 4 is 15.9 Å². The summed E-state index contributed by atoms with van der Waals surface area (Å²) in [6, 6.07) is 4.85. The van der Waals surface area contributed by atoms with Crippen LogP contribution >= 0.6 is 0 Å². The molecule has 2 aliphatic heterocycles. The van der Waals surface area contributed by atoms with Gasteiger partial charge in [0.2, 0.25) is 15.9 Å². The van der Waals surface area contributed by atoms with Crippen LogP contribution in [0.3, 0.4) is 0 Å². The van der Waals surface area contributed by atoms with E-state index in [2.05, 4.69) is 5.32 Å². The molecule has 3 aliphatic rings. The average Bonchev–Trinajstić information content (AvgIpc) is 3.03. The summed E-state index contributed by atoms with van der Waals surface area (Å²) in [6.07, 6.45) is 1.99. The van der Waals surface area contributed by atoms with Crippen molar-refractivity contribution in [1.82, 2.24) is 9.62 Å². The number of benzene rings is 1. The smallest absolute Gasteiger partial charge is 0.246 e. The van der Waals surface area contributed by atoms with E-state index in [1.165, 1.54) is 4.31 Å². The minimum atomic E-state index is -3.70. The number of hydrogen-bond donors (Lipinski definition) is 1. The van der Waals surface area contributed by atoms with Gasteiger partial charge in [-0.15, -0.1) is 0 Å². The Bertz CT molecular complexity index is 794. The number of nitrogens with zero attached hydrogens (tertiary/aromatic N) is 1. The lowest BCUT2D eigenvalue weighted by molar-refractivity contribution is -0.124. The lowest BCUT2D eigenvalue weighted by Gasteiger charge is -2.27. The van der Waals surface area contributed by atoms with Crippen LogP contribution in [0.5, 0.6) is 11.5 Å². The van der Waals surface area contributed by atoms with E-state index >= 15 is 0 Å². The Hall–Kier alpha value is -1.80. The van der Waals surface area contributed by atoms with Crippen molar-refractivity contribution in [2.75, 3.05) is 26.8 Å². The Balaban J connectivity index is 1.60. The number of piperidine rings is 1. The van der Waals surface area contributed by atoms with Gasteiger partial charge in [0.15, 0.2) is 11.5 Å². The van der Waals surface area contributed by atoms with Gasteiger partial charge in [0.1, 0.15) is 18.1 Å². The zero-order valence-electron chi connectivity index (χ0n) is 14.1. The molecule has 2 heterocycles. The highest BCUT2D eigenvalue weighted by Crippen LogP contribution is 2.42. The van der Waals surface area contributed by atoms with Gasteiger partial charge in [-0.2, -0.15) is 4.31 Å². The first kappa shape index (κ1) is 16.7. The highest BCUT2D eigenvalue weighted by Gasteiger charge is 2.43. The molecule has 0 aromatic heterocycles. The summed E-state index contributed by atoms with van der Waals surface area (Å²) in [7, 11) is -2.08. The number of carbonyl (C=O) groups is 1. The number of para-hydroxylation sites is 1. The van der Waals surface area contributed by atoms with E-state index < -0.39 is 10.0 Å². The zero-order valence-corrected chi connectivity index (χ0v) is 14.9. The van der Waals surface area contributed by atoms with Crippen molar-refractivity contribution in [2.24, 2.45) is 11.8 Å². The minimum Gasteiger partial charge on any atom is -0.486 e. The van der Waals surface area contributed by atoms with Crippen LogP contribution in [-0.4, -0.2) is 51.5 Å². The van der Waals surface area contributed by atoms with Crippen molar-refractivity contribution in [3.63, 3.8) is 0 Å². The first-order valence-corrected chi connectivity index (χ1v) is 10.0. The Morgan fingerprint density at radius 1 is 1.16 bits per heavy atom. The van der Waals surface area contributed by atoms with Gasteiger partial charge in [0.05, 0.1) is 0 Å². The van der Waals surface area contributed by atoms with Gasteiger partial charge >= 0.3 is 0 Å². The van der Waals surface area contributed by atoms with Gasteiger partial charge in [-0.1, -0.05) is 6.07 Å². The highest BCUT2D eigenvalue weighted by atomic mass is 32.2. The fourth-order valence-corrected chi connectivity index (χ4v) is 5.65. The van der Waals surface area contributed by atoms with Crippen LogP contribution in [0.4, 0.5) is 0 Å². The molecule has 4 rings (SSSR count). The molecule has 0 bridgehead atoms. The molecule has 1 aliphatic carbocycles. The van der Waals surface area contributed by atoms with Crippen molar-refractivity contribution in [2.45, 2.75) is 30.2 Å². The van der Waals surface area contributed by atoms with E-state index in [1.54, 1.807) is 25.2 Å². The van der Waals surface area contributed by atoms with Gasteiger partial charge in [-0.05, 0) is 36.8 Å². The monoisotopic (exact) mass is 366 g/mol. The summed E-state index contributed by atoms with van der Waals surface area (Å²) in [4.78, 5) is 11.7. The molecule has 7 nitrogen and oxygen atoms in total. The number of sulfonamides is 1. The van der Waals surface area contributed by atoms with Crippen molar-refractivity contribution in [1.29, 1.82) is 0 Å². The second kappa shape index (κ2) is 6.17. The maximum atomic E-state index is 13.2. The normalized spacial score (nSPS) is 28.6. The average molecular weight is 366 g/mol. The van der Waals surface area contributed by atoms with Gasteiger partial charge in [0, 0.05) is 26.1 Å². The van der Waals surface area contributed by atoms with E-state index in [0.717, 1.165) is 12.8 Å². The summed E-state index contributed by atoms with van der Waals surface area (Å²) in [5.74, 6) is 1.45. The predicted octanol–water partition coefficient (Wildman–Crippen LogP) is 0.993. The summed E-state index contributed by atoms with van der Waals surface area (Å²) < 4.78 is 38.9. The molecule has 1 saturated heterocycles. The number of ether oxygens (including phenoxy) is 2. The van der Waals surface area contributed by atoms with Crippen molar-refractivity contribution in [3.05, 3.63) is 18.2 Å². The fourth-order valence-electron chi connectivity index (χ4n) is 4.13. The van der Waals surface area contributed by atoms with Gasteiger partial charge in [-0.3, -0.25) is 4.79 Å². The lowest BCUT2D eigenvalue weighted by Crippen LogP contribution is -2.38. The van der Waals surface area contributed by atoms with Crippen molar-refractivity contribution < 1.29 is 22.7 Å². The Morgan fingerprint density at radius 3 is 2.76 bits per heavy atom. The first-order chi connectivity index (χ1) is 12.0. The van der Waals surface area contributed by atoms with Crippen LogP contribution in [0.1, 0.15) is 19.3 Å². The third-order valence-corrected chi connectivity index (χ3v) is 7.46. The third-order valence-electron chi connectivity index (χ3n) is 5.53. The van der Waals surface area contributed by atoms with Gasteiger partial charge in [-0.25, -0.2) is 8.42 Å². The lowest BCUT2D eigenvalue weighted by atomic mass is 9.89. The molecule has 0 unspecified atom stereocenters. The molecular formula is C17H22N2O5S. The largest absolute Gasteiger partial charge is 0.486 e. The Labute approximate surface area is 147 Å². The summed E-state index contributed by atoms with van der Waals surface area (Å²) in [5.41, 5.74) is 0. The van der Waals surface area contributed by atoms with Crippen molar-refractivity contribution in [3.8, 4) is 11.5 Å². The van der Waals surface area contributed by atoms with Crippen LogP contribution in [-0.2, 0) is 14.8 Å². The molecular weight excluding hydrogens is 344 g/mol. The van der Waals surface area contributed by atoms with E-state index in [1.807, 2.05) is 0 Å². The number of nitrogens with one attached hydrogen (secondary N) is 1. The van der Waals surface area contributed by atoms with Crippen LogP contribution < -0.4 is 14.8 Å². The SMILES string of the molecule is CN([C@H]1C[C@H]2CC(=O)NC[C@H]2C1)S(=O)(=O)c1cccc2c1OCCO2. The molecule has 2 fully saturated rings. The standard InChI is InChI=1S/C17H22N2O5S/c1-19(13-7-11-9-16(20)18-10-12(11)8-13)25(21,22)15-4-2-3-14-17(15)24-6-5-23-14/h2-4,11-13H,5-10H2,1H3,(H,18,20)/t11-,12+,13-/m0/s1. The van der Waals surface area contributed by atoms with Crippen LogP contribution in [0.15, 0.2) is 23.1 Å². The summed E-state index contributed by atoms with van der Waals surface area (Å²) >= 11 is 0. The Kier molecular flexibility index (Phi) is 4.11. The predicted molar refractivity (Wildman–Crippen MR) is 90.0 cm³/mol. The number of fused-ring (bicyclic) bond motifs is 2. The molecule has 0 spiro atoms. The molecule has 1 saturated carbocycles. The van der Waals surface area contributed by atoms with Gasteiger partial charge < -0.3 is 14.8 Å².